The van der Waals surface area contributed by atoms with Crippen molar-refractivity contribution in [2.75, 3.05) is 0 Å². The standard InChI is InChI=1S/C14H11N/c1-2-4-9-13-11(7-3-1)12-8-5-6-10-14(12)15-13/h1-10,15H/b2-1?,3-1-,4-2-,7-3?,9-4?,11-7-,13-9+. The SMILES string of the molecule is C1=C\C=c2/c([nH]c3ccccc23)=C\C=C/1. The highest BCUT2D eigenvalue weighted by Crippen LogP contribution is 2.03. The van der Waals surface area contributed by atoms with Gasteiger partial charge in [-0.05, 0) is 12.1 Å². The minimum Gasteiger partial charge on any atom is -0.355 e. The first kappa shape index (κ1) is 8.30. The predicted octanol–water partition coefficient (Wildman–Crippen LogP) is 1.85. The van der Waals surface area contributed by atoms with Crippen molar-refractivity contribution in [3.8, 4) is 0 Å². The zero-order valence-corrected chi connectivity index (χ0v) is 8.27. The number of rotatable bonds is 0. The van der Waals surface area contributed by atoms with Gasteiger partial charge >= 0.3 is 0 Å². The van der Waals surface area contributed by atoms with Crippen molar-refractivity contribution in [2.24, 2.45) is 0 Å². The molecule has 1 heteroatoms. The van der Waals surface area contributed by atoms with Gasteiger partial charge in [0.2, 0.25) is 0 Å². The first-order valence-corrected chi connectivity index (χ1v) is 5.07. The molecule has 15 heavy (non-hydrogen) atoms. The van der Waals surface area contributed by atoms with Crippen LogP contribution in [0.2, 0.25) is 0 Å². The van der Waals surface area contributed by atoms with Gasteiger partial charge in [0.05, 0.1) is 0 Å². The number of nitrogens with one attached hydrogen (secondary N) is 1. The highest BCUT2D eigenvalue weighted by molar-refractivity contribution is 5.82. The van der Waals surface area contributed by atoms with Crippen molar-refractivity contribution in [3.63, 3.8) is 0 Å². The number of fused-ring (bicyclic) bond motifs is 3. The quantitative estimate of drug-likeness (QED) is 0.657. The maximum absolute atomic E-state index is 3.41. The summed E-state index contributed by atoms with van der Waals surface area (Å²) in [6.07, 6.45) is 12.5. The third-order valence-electron chi connectivity index (χ3n) is 2.64. The number of aromatic nitrogens is 1. The summed E-state index contributed by atoms with van der Waals surface area (Å²) < 4.78 is 0. The van der Waals surface area contributed by atoms with E-state index in [4.69, 9.17) is 0 Å². The average Bonchev–Trinajstić information content (AvgIpc) is 2.55. The molecular weight excluding hydrogens is 182 g/mol. The van der Waals surface area contributed by atoms with Gasteiger partial charge in [-0.1, -0.05) is 48.6 Å². The van der Waals surface area contributed by atoms with Gasteiger partial charge in [0.25, 0.3) is 0 Å². The zero-order chi connectivity index (χ0) is 10.1. The first-order valence-electron chi connectivity index (χ1n) is 5.07. The van der Waals surface area contributed by atoms with Gasteiger partial charge in [-0.3, -0.25) is 0 Å². The lowest BCUT2D eigenvalue weighted by Gasteiger charge is -1.86. The number of aromatic amines is 1. The number of para-hydroxylation sites is 1. The van der Waals surface area contributed by atoms with E-state index in [1.54, 1.807) is 0 Å². The number of H-pyrrole nitrogens is 1. The fraction of sp³-hybridized carbons (Fsp3) is 0. The van der Waals surface area contributed by atoms with Crippen LogP contribution in [0.25, 0.3) is 23.1 Å². The summed E-state index contributed by atoms with van der Waals surface area (Å²) >= 11 is 0. The van der Waals surface area contributed by atoms with E-state index in [0.29, 0.717) is 0 Å². The molecule has 0 atom stereocenters. The van der Waals surface area contributed by atoms with Crippen molar-refractivity contribution < 1.29 is 0 Å². The third-order valence-corrected chi connectivity index (χ3v) is 2.64. The van der Waals surface area contributed by atoms with Gasteiger partial charge in [0, 0.05) is 21.5 Å². The van der Waals surface area contributed by atoms with E-state index in [0.717, 1.165) is 0 Å². The van der Waals surface area contributed by atoms with E-state index < -0.39 is 0 Å². The van der Waals surface area contributed by atoms with Crippen LogP contribution < -0.4 is 10.6 Å². The van der Waals surface area contributed by atoms with Gasteiger partial charge in [0.1, 0.15) is 0 Å². The zero-order valence-electron chi connectivity index (χ0n) is 8.27. The van der Waals surface area contributed by atoms with E-state index in [1.807, 2.05) is 12.2 Å². The summed E-state index contributed by atoms with van der Waals surface area (Å²) in [6.45, 7) is 0. The molecule has 0 aliphatic heterocycles. The van der Waals surface area contributed by atoms with Crippen LogP contribution in [-0.2, 0) is 0 Å². The number of hydrogen-bond donors (Lipinski definition) is 1. The monoisotopic (exact) mass is 193 g/mol. The Kier molecular flexibility index (Phi) is 1.82. The van der Waals surface area contributed by atoms with Crippen LogP contribution in [0.5, 0.6) is 0 Å². The Balaban J connectivity index is 2.56. The maximum Gasteiger partial charge on any atom is 0.0464 e. The Bertz CT molecular complexity index is 669. The van der Waals surface area contributed by atoms with Crippen molar-refractivity contribution in [3.05, 3.63) is 59.1 Å². The van der Waals surface area contributed by atoms with Crippen molar-refractivity contribution >= 4 is 23.1 Å². The largest absolute Gasteiger partial charge is 0.355 e. The number of benzene rings is 1. The smallest absolute Gasteiger partial charge is 0.0464 e. The molecule has 1 aromatic carbocycles. The minimum atomic E-state index is 1.18. The Hall–Kier alpha value is -2.02. The van der Waals surface area contributed by atoms with Crippen LogP contribution in [0.4, 0.5) is 0 Å². The molecule has 1 aliphatic rings. The third kappa shape index (κ3) is 1.33. The van der Waals surface area contributed by atoms with Crippen LogP contribution in [0.15, 0.2) is 48.6 Å². The molecule has 0 amide bonds. The highest BCUT2D eigenvalue weighted by Gasteiger charge is 1.97. The topological polar surface area (TPSA) is 15.8 Å². The summed E-state index contributed by atoms with van der Waals surface area (Å²) in [7, 11) is 0. The number of hydrogen-bond acceptors (Lipinski definition) is 0. The molecule has 0 bridgehead atoms. The summed E-state index contributed by atoms with van der Waals surface area (Å²) in [5, 5.41) is 3.73. The predicted molar refractivity (Wildman–Crippen MR) is 64.8 cm³/mol. The highest BCUT2D eigenvalue weighted by atomic mass is 14.7. The Morgan fingerprint density at radius 2 is 1.60 bits per heavy atom. The molecule has 0 fully saturated rings. The van der Waals surface area contributed by atoms with Gasteiger partial charge in [0.15, 0.2) is 0 Å². The number of allylic oxidation sites excluding steroid dienone is 4. The van der Waals surface area contributed by atoms with E-state index >= 15 is 0 Å². The second-order valence-corrected chi connectivity index (χ2v) is 3.60. The fourth-order valence-corrected chi connectivity index (χ4v) is 1.93. The molecule has 2 aromatic rings. The van der Waals surface area contributed by atoms with Crippen LogP contribution in [0.1, 0.15) is 0 Å². The van der Waals surface area contributed by atoms with E-state index in [2.05, 4.69) is 53.6 Å². The van der Waals surface area contributed by atoms with Gasteiger partial charge in [-0.15, -0.1) is 0 Å². The van der Waals surface area contributed by atoms with Crippen molar-refractivity contribution in [1.29, 1.82) is 0 Å². The first-order chi connectivity index (χ1) is 7.45. The van der Waals surface area contributed by atoms with Crippen LogP contribution >= 0.6 is 0 Å². The molecular formula is C14H11N. The molecule has 3 rings (SSSR count). The molecule has 0 saturated carbocycles. The van der Waals surface area contributed by atoms with Crippen LogP contribution in [0, 0.1) is 0 Å². The Morgan fingerprint density at radius 3 is 2.53 bits per heavy atom. The molecule has 0 saturated heterocycles. The molecule has 0 spiro atoms. The molecule has 72 valence electrons. The lowest BCUT2D eigenvalue weighted by molar-refractivity contribution is 1.36. The summed E-state index contributed by atoms with van der Waals surface area (Å²) in [6, 6.07) is 8.38. The fourth-order valence-electron chi connectivity index (χ4n) is 1.93. The molecule has 1 nitrogen and oxygen atoms in total. The van der Waals surface area contributed by atoms with Gasteiger partial charge in [-0.2, -0.15) is 0 Å². The van der Waals surface area contributed by atoms with Crippen LogP contribution in [-0.4, -0.2) is 4.98 Å². The summed E-state index contributed by atoms with van der Waals surface area (Å²) in [5.41, 5.74) is 1.19. The van der Waals surface area contributed by atoms with Crippen molar-refractivity contribution in [1.82, 2.24) is 4.98 Å². The Morgan fingerprint density at radius 1 is 0.800 bits per heavy atom. The average molecular weight is 193 g/mol. The molecule has 1 heterocycles. The van der Waals surface area contributed by atoms with Gasteiger partial charge in [-0.25, -0.2) is 0 Å². The van der Waals surface area contributed by atoms with Crippen LogP contribution in [0.3, 0.4) is 0 Å². The summed E-state index contributed by atoms with van der Waals surface area (Å²) in [5.74, 6) is 0. The van der Waals surface area contributed by atoms with E-state index in [1.165, 1.54) is 21.5 Å². The molecule has 1 aromatic heterocycles. The second kappa shape index (κ2) is 3.28. The van der Waals surface area contributed by atoms with E-state index in [9.17, 15) is 0 Å². The maximum atomic E-state index is 3.41. The van der Waals surface area contributed by atoms with E-state index in [-0.39, 0.29) is 0 Å². The Labute approximate surface area is 87.7 Å². The normalized spacial score (nSPS) is 22.7. The molecule has 0 unspecified atom stereocenters. The molecule has 1 aliphatic carbocycles. The lowest BCUT2D eigenvalue weighted by atomic mass is 10.2. The molecule has 0 radical (unpaired) electrons. The molecule has 1 N–H and O–H groups in total. The summed E-state index contributed by atoms with van der Waals surface area (Å²) in [4.78, 5) is 3.41. The second-order valence-electron chi connectivity index (χ2n) is 3.60. The minimum absolute atomic E-state index is 1.18. The van der Waals surface area contributed by atoms with Gasteiger partial charge < -0.3 is 4.98 Å². The lowest BCUT2D eigenvalue weighted by Crippen LogP contribution is -2.22. The van der Waals surface area contributed by atoms with Crippen molar-refractivity contribution in [2.45, 2.75) is 0 Å².